The zero-order valence-corrected chi connectivity index (χ0v) is 13.7. The molecular formula is C17H24ClNO2. The van der Waals surface area contributed by atoms with E-state index in [2.05, 4.69) is 25.7 Å². The number of carboxylic acid groups (broad SMARTS) is 1. The van der Waals surface area contributed by atoms with Crippen LogP contribution in [0.15, 0.2) is 24.3 Å². The summed E-state index contributed by atoms with van der Waals surface area (Å²) in [5, 5.41) is 9.48. The van der Waals surface area contributed by atoms with Gasteiger partial charge < -0.3 is 10.0 Å². The highest BCUT2D eigenvalue weighted by Crippen LogP contribution is 2.32. The molecule has 3 nitrogen and oxygen atoms in total. The van der Waals surface area contributed by atoms with Crippen molar-refractivity contribution in [1.29, 1.82) is 0 Å². The van der Waals surface area contributed by atoms with E-state index >= 15 is 0 Å². The molecule has 0 amide bonds. The standard InChI is InChI=1S/C17H24ClNO2/c1-4-13(5-2)12-19(6-3)17-14(10-11-16(20)21)8-7-9-15(17)18/h7-11,13H,4-6,12H2,1-3H3,(H,20,21)/b11-10+. The second-order valence-electron chi connectivity index (χ2n) is 5.07. The lowest BCUT2D eigenvalue weighted by molar-refractivity contribution is -0.131. The van der Waals surface area contributed by atoms with Gasteiger partial charge in [0.25, 0.3) is 0 Å². The summed E-state index contributed by atoms with van der Waals surface area (Å²) in [4.78, 5) is 13.0. The lowest BCUT2D eigenvalue weighted by atomic mass is 10.0. The van der Waals surface area contributed by atoms with Crippen LogP contribution in [-0.4, -0.2) is 24.2 Å². The van der Waals surface area contributed by atoms with E-state index in [0.717, 1.165) is 43.3 Å². The molecule has 116 valence electrons. The molecule has 0 atom stereocenters. The molecule has 0 aliphatic heterocycles. The molecule has 4 heteroatoms. The highest BCUT2D eigenvalue weighted by atomic mass is 35.5. The summed E-state index contributed by atoms with van der Waals surface area (Å²) in [6, 6.07) is 5.60. The Balaban J connectivity index is 3.15. The maximum Gasteiger partial charge on any atom is 0.328 e. The molecule has 0 heterocycles. The third-order valence-corrected chi connectivity index (χ3v) is 4.06. The first-order valence-corrected chi connectivity index (χ1v) is 7.85. The van der Waals surface area contributed by atoms with E-state index < -0.39 is 5.97 Å². The second-order valence-corrected chi connectivity index (χ2v) is 5.48. The van der Waals surface area contributed by atoms with E-state index in [1.54, 1.807) is 6.08 Å². The number of anilines is 1. The molecule has 21 heavy (non-hydrogen) atoms. The van der Waals surface area contributed by atoms with Crippen molar-refractivity contribution in [2.75, 3.05) is 18.0 Å². The predicted molar refractivity (Wildman–Crippen MR) is 90.1 cm³/mol. The van der Waals surface area contributed by atoms with E-state index in [4.69, 9.17) is 16.7 Å². The summed E-state index contributed by atoms with van der Waals surface area (Å²) >= 11 is 6.37. The molecule has 0 aliphatic carbocycles. The van der Waals surface area contributed by atoms with Gasteiger partial charge in [-0.1, -0.05) is 50.4 Å². The van der Waals surface area contributed by atoms with Gasteiger partial charge in [0.1, 0.15) is 0 Å². The van der Waals surface area contributed by atoms with Crippen LogP contribution in [0.5, 0.6) is 0 Å². The fourth-order valence-electron chi connectivity index (χ4n) is 2.40. The van der Waals surface area contributed by atoms with Crippen molar-refractivity contribution in [2.45, 2.75) is 33.6 Å². The Morgan fingerprint density at radius 3 is 2.52 bits per heavy atom. The van der Waals surface area contributed by atoms with Crippen molar-refractivity contribution in [3.63, 3.8) is 0 Å². The van der Waals surface area contributed by atoms with Crippen LogP contribution in [0, 0.1) is 5.92 Å². The third-order valence-electron chi connectivity index (χ3n) is 3.75. The van der Waals surface area contributed by atoms with E-state index in [-0.39, 0.29) is 0 Å². The van der Waals surface area contributed by atoms with Gasteiger partial charge in [-0.2, -0.15) is 0 Å². The van der Waals surface area contributed by atoms with Crippen molar-refractivity contribution in [2.24, 2.45) is 5.92 Å². The monoisotopic (exact) mass is 309 g/mol. The molecule has 0 radical (unpaired) electrons. The number of carboxylic acids is 1. The minimum Gasteiger partial charge on any atom is -0.478 e. The van der Waals surface area contributed by atoms with Crippen LogP contribution >= 0.6 is 11.6 Å². The number of nitrogens with zero attached hydrogens (tertiary/aromatic N) is 1. The highest BCUT2D eigenvalue weighted by Gasteiger charge is 2.16. The number of benzene rings is 1. The molecule has 0 unspecified atom stereocenters. The summed E-state index contributed by atoms with van der Waals surface area (Å²) in [5.41, 5.74) is 1.77. The Hall–Kier alpha value is -1.48. The first kappa shape index (κ1) is 17.6. The van der Waals surface area contributed by atoms with Gasteiger partial charge in [0, 0.05) is 19.2 Å². The quantitative estimate of drug-likeness (QED) is 0.708. The highest BCUT2D eigenvalue weighted by molar-refractivity contribution is 6.33. The van der Waals surface area contributed by atoms with Gasteiger partial charge in [0.15, 0.2) is 0 Å². The second kappa shape index (κ2) is 8.73. The van der Waals surface area contributed by atoms with Gasteiger partial charge >= 0.3 is 5.97 Å². The fraction of sp³-hybridized carbons (Fsp3) is 0.471. The summed E-state index contributed by atoms with van der Waals surface area (Å²) in [7, 11) is 0. The number of hydrogen-bond donors (Lipinski definition) is 1. The van der Waals surface area contributed by atoms with E-state index in [1.807, 2.05) is 18.2 Å². The molecule has 1 rings (SSSR count). The Morgan fingerprint density at radius 1 is 1.33 bits per heavy atom. The van der Waals surface area contributed by atoms with E-state index in [9.17, 15) is 4.79 Å². The van der Waals surface area contributed by atoms with Gasteiger partial charge in [0.2, 0.25) is 0 Å². The lowest BCUT2D eigenvalue weighted by Crippen LogP contribution is -2.29. The number of rotatable bonds is 8. The van der Waals surface area contributed by atoms with Crippen LogP contribution in [-0.2, 0) is 4.79 Å². The van der Waals surface area contributed by atoms with Crippen LogP contribution in [0.2, 0.25) is 5.02 Å². The smallest absolute Gasteiger partial charge is 0.328 e. The van der Waals surface area contributed by atoms with Crippen LogP contribution in [0.3, 0.4) is 0 Å². The summed E-state index contributed by atoms with van der Waals surface area (Å²) in [5.74, 6) is -0.346. The Labute approximate surface area is 132 Å². The minimum absolute atomic E-state index is 0.609. The molecular weight excluding hydrogens is 286 g/mol. The average Bonchev–Trinajstić information content (AvgIpc) is 2.47. The number of aliphatic carboxylic acids is 1. The van der Waals surface area contributed by atoms with E-state index in [1.165, 1.54) is 0 Å². The number of hydrogen-bond acceptors (Lipinski definition) is 2. The molecule has 0 aliphatic rings. The van der Waals surface area contributed by atoms with Crippen LogP contribution in [0.1, 0.15) is 39.2 Å². The number of carbonyl (C=O) groups is 1. The molecule has 1 aromatic carbocycles. The van der Waals surface area contributed by atoms with Crippen molar-refractivity contribution >= 4 is 29.3 Å². The SMILES string of the molecule is CCC(CC)CN(CC)c1c(Cl)cccc1/C=C/C(=O)O. The van der Waals surface area contributed by atoms with Gasteiger partial charge in [0.05, 0.1) is 10.7 Å². The van der Waals surface area contributed by atoms with Crippen molar-refractivity contribution in [3.05, 3.63) is 34.9 Å². The minimum atomic E-state index is -0.955. The van der Waals surface area contributed by atoms with Gasteiger partial charge in [-0.25, -0.2) is 4.79 Å². The number of para-hydroxylation sites is 1. The van der Waals surface area contributed by atoms with Crippen molar-refractivity contribution < 1.29 is 9.90 Å². The molecule has 0 bridgehead atoms. The fourth-order valence-corrected chi connectivity index (χ4v) is 2.70. The maximum atomic E-state index is 10.7. The zero-order chi connectivity index (χ0) is 15.8. The summed E-state index contributed by atoms with van der Waals surface area (Å²) in [6.45, 7) is 8.26. The Bertz CT molecular complexity index is 496. The van der Waals surface area contributed by atoms with Crippen LogP contribution < -0.4 is 4.90 Å². The largest absolute Gasteiger partial charge is 0.478 e. The molecule has 0 aromatic heterocycles. The van der Waals surface area contributed by atoms with Crippen LogP contribution in [0.25, 0.3) is 6.08 Å². The van der Waals surface area contributed by atoms with Crippen molar-refractivity contribution in [3.8, 4) is 0 Å². The summed E-state index contributed by atoms with van der Waals surface area (Å²) < 4.78 is 0. The third kappa shape index (κ3) is 5.09. The average molecular weight is 310 g/mol. The zero-order valence-electron chi connectivity index (χ0n) is 13.0. The first-order valence-electron chi connectivity index (χ1n) is 7.47. The normalized spacial score (nSPS) is 11.3. The Morgan fingerprint density at radius 2 is 2.00 bits per heavy atom. The molecule has 0 saturated carbocycles. The molecule has 1 aromatic rings. The molecule has 0 spiro atoms. The summed E-state index contributed by atoms with van der Waals surface area (Å²) in [6.07, 6.45) is 5.01. The lowest BCUT2D eigenvalue weighted by Gasteiger charge is -2.29. The van der Waals surface area contributed by atoms with Gasteiger partial charge in [-0.05, 0) is 30.5 Å². The molecule has 0 fully saturated rings. The maximum absolute atomic E-state index is 10.7. The number of halogens is 1. The van der Waals surface area contributed by atoms with Gasteiger partial charge in [-0.3, -0.25) is 0 Å². The molecule has 1 N–H and O–H groups in total. The van der Waals surface area contributed by atoms with E-state index in [0.29, 0.717) is 10.9 Å². The van der Waals surface area contributed by atoms with Crippen LogP contribution in [0.4, 0.5) is 5.69 Å². The van der Waals surface area contributed by atoms with Crippen molar-refractivity contribution in [1.82, 2.24) is 0 Å². The van der Waals surface area contributed by atoms with Gasteiger partial charge in [-0.15, -0.1) is 0 Å². The topological polar surface area (TPSA) is 40.5 Å². The first-order chi connectivity index (χ1) is 10.0. The Kier molecular flexibility index (Phi) is 7.30. The predicted octanol–water partition coefficient (Wildman–Crippen LogP) is 4.70. The molecule has 0 saturated heterocycles.